The summed E-state index contributed by atoms with van der Waals surface area (Å²) in [6.07, 6.45) is 7.83. The first-order valence-corrected chi connectivity index (χ1v) is 10.7. The Bertz CT molecular complexity index is 701. The number of nitrogens with one attached hydrogen (secondary N) is 1. The third-order valence-electron chi connectivity index (χ3n) is 6.25. The van der Waals surface area contributed by atoms with Crippen molar-refractivity contribution in [3.8, 4) is 0 Å². The van der Waals surface area contributed by atoms with E-state index < -0.39 is 0 Å². The zero-order chi connectivity index (χ0) is 20.3. The fourth-order valence-corrected chi connectivity index (χ4v) is 4.90. The van der Waals surface area contributed by atoms with Gasteiger partial charge in [0.05, 0.1) is 0 Å². The monoisotopic (exact) mass is 386 g/mol. The van der Waals surface area contributed by atoms with Crippen LogP contribution >= 0.6 is 0 Å². The van der Waals surface area contributed by atoms with Crippen LogP contribution < -0.4 is 5.32 Å². The van der Waals surface area contributed by atoms with E-state index in [2.05, 4.69) is 16.8 Å². The predicted octanol–water partition coefficient (Wildman–Crippen LogP) is 5.02. The number of amides is 1. The minimum Gasteiger partial charge on any atom is -0.351 e. The molecule has 3 rings (SSSR count). The molecular formula is C24H35FN2O. The standard InChI is InChI=1S/C24H35FN2O/c1-5-6-7-20(23(28)26-24(2,3)4)18-12-14-27(15-13-18)22-11-9-17-8-10-19(25)16-21(17)22/h5,8,10,16,18,20,22H,1,6-7,9,11-15H2,2-4H3,(H,26,28). The van der Waals surface area contributed by atoms with Crippen molar-refractivity contribution in [2.24, 2.45) is 11.8 Å². The normalized spacial score (nSPS) is 21.9. The lowest BCUT2D eigenvalue weighted by molar-refractivity contribution is -0.129. The highest BCUT2D eigenvalue weighted by Crippen LogP contribution is 2.39. The SMILES string of the molecule is C=CCCC(C(=O)NC(C)(C)C)C1CCN(C2CCc3ccc(F)cc32)CC1. The number of allylic oxidation sites excluding steroid dienone is 1. The fourth-order valence-electron chi connectivity index (χ4n) is 4.90. The quantitative estimate of drug-likeness (QED) is 0.696. The van der Waals surface area contributed by atoms with Crippen molar-refractivity contribution in [3.05, 3.63) is 47.8 Å². The van der Waals surface area contributed by atoms with Crippen molar-refractivity contribution >= 4 is 5.91 Å². The summed E-state index contributed by atoms with van der Waals surface area (Å²) in [7, 11) is 0. The van der Waals surface area contributed by atoms with E-state index in [4.69, 9.17) is 0 Å². The molecule has 1 amide bonds. The minimum atomic E-state index is -0.207. The molecule has 4 heteroatoms. The summed E-state index contributed by atoms with van der Waals surface area (Å²) in [6.45, 7) is 11.9. The maximum absolute atomic E-state index is 13.7. The van der Waals surface area contributed by atoms with E-state index >= 15 is 0 Å². The highest BCUT2D eigenvalue weighted by Gasteiger charge is 2.36. The van der Waals surface area contributed by atoms with Crippen molar-refractivity contribution in [3.63, 3.8) is 0 Å². The number of carbonyl (C=O) groups is 1. The van der Waals surface area contributed by atoms with Crippen molar-refractivity contribution in [2.45, 2.75) is 70.9 Å². The van der Waals surface area contributed by atoms with Gasteiger partial charge in [-0.3, -0.25) is 9.69 Å². The maximum atomic E-state index is 13.7. The largest absolute Gasteiger partial charge is 0.351 e. The topological polar surface area (TPSA) is 32.3 Å². The number of piperidine rings is 1. The Labute approximate surface area is 169 Å². The molecule has 2 unspecified atom stereocenters. The Morgan fingerprint density at radius 2 is 2.04 bits per heavy atom. The molecule has 1 fully saturated rings. The van der Waals surface area contributed by atoms with Crippen LogP contribution in [0, 0.1) is 17.7 Å². The van der Waals surface area contributed by atoms with Gasteiger partial charge in [0.15, 0.2) is 0 Å². The van der Waals surface area contributed by atoms with E-state index in [9.17, 15) is 9.18 Å². The summed E-state index contributed by atoms with van der Waals surface area (Å²) in [5.41, 5.74) is 2.26. The molecule has 0 bridgehead atoms. The van der Waals surface area contributed by atoms with E-state index in [1.165, 1.54) is 11.1 Å². The van der Waals surface area contributed by atoms with Crippen LogP contribution in [0.1, 0.15) is 70.0 Å². The van der Waals surface area contributed by atoms with Gasteiger partial charge in [-0.1, -0.05) is 12.1 Å². The van der Waals surface area contributed by atoms with Gasteiger partial charge < -0.3 is 5.32 Å². The first kappa shape index (κ1) is 21.0. The number of nitrogens with zero attached hydrogens (tertiary/aromatic N) is 1. The number of hydrogen-bond acceptors (Lipinski definition) is 2. The van der Waals surface area contributed by atoms with Crippen LogP contribution in [0.3, 0.4) is 0 Å². The summed E-state index contributed by atoms with van der Waals surface area (Å²) in [6, 6.07) is 5.58. The summed E-state index contributed by atoms with van der Waals surface area (Å²) in [5.74, 6) is 0.504. The first-order valence-electron chi connectivity index (χ1n) is 10.7. The van der Waals surface area contributed by atoms with Crippen molar-refractivity contribution in [1.82, 2.24) is 10.2 Å². The van der Waals surface area contributed by atoms with Crippen LogP contribution in [-0.4, -0.2) is 29.4 Å². The number of rotatable bonds is 6. The molecule has 1 aliphatic heterocycles. The highest BCUT2D eigenvalue weighted by molar-refractivity contribution is 5.79. The number of benzene rings is 1. The molecular weight excluding hydrogens is 351 g/mol. The second kappa shape index (κ2) is 8.77. The fraction of sp³-hybridized carbons (Fsp3) is 0.625. The van der Waals surface area contributed by atoms with Crippen LogP contribution in [-0.2, 0) is 11.2 Å². The molecule has 154 valence electrons. The molecule has 1 aromatic rings. The molecule has 2 atom stereocenters. The molecule has 1 N–H and O–H groups in total. The van der Waals surface area contributed by atoms with Gasteiger partial charge in [0.2, 0.25) is 5.91 Å². The van der Waals surface area contributed by atoms with Gasteiger partial charge in [-0.15, -0.1) is 6.58 Å². The molecule has 0 radical (unpaired) electrons. The van der Waals surface area contributed by atoms with Gasteiger partial charge in [0, 0.05) is 17.5 Å². The van der Waals surface area contributed by atoms with Gasteiger partial charge >= 0.3 is 0 Å². The van der Waals surface area contributed by atoms with E-state index in [1.807, 2.05) is 32.9 Å². The van der Waals surface area contributed by atoms with Gasteiger partial charge in [-0.05, 0) is 102 Å². The van der Waals surface area contributed by atoms with Crippen LogP contribution in [0.15, 0.2) is 30.9 Å². The molecule has 2 aliphatic rings. The molecule has 1 aromatic carbocycles. The zero-order valence-corrected chi connectivity index (χ0v) is 17.6. The van der Waals surface area contributed by atoms with E-state index in [1.54, 1.807) is 12.1 Å². The maximum Gasteiger partial charge on any atom is 0.223 e. The van der Waals surface area contributed by atoms with Crippen molar-refractivity contribution in [1.29, 1.82) is 0 Å². The third-order valence-corrected chi connectivity index (χ3v) is 6.25. The van der Waals surface area contributed by atoms with Crippen molar-refractivity contribution < 1.29 is 9.18 Å². The molecule has 0 saturated carbocycles. The molecule has 1 aliphatic carbocycles. The number of fused-ring (bicyclic) bond motifs is 1. The molecule has 0 aromatic heterocycles. The molecule has 3 nitrogen and oxygen atoms in total. The summed E-state index contributed by atoms with van der Waals surface area (Å²) >= 11 is 0. The lowest BCUT2D eigenvalue weighted by Crippen LogP contribution is -2.47. The average molecular weight is 387 g/mol. The second-order valence-electron chi connectivity index (χ2n) is 9.48. The Balaban J connectivity index is 1.64. The Kier molecular flexibility index (Phi) is 6.59. The average Bonchev–Trinajstić information content (AvgIpc) is 3.04. The van der Waals surface area contributed by atoms with Crippen LogP contribution in [0.25, 0.3) is 0 Å². The number of likely N-dealkylation sites (tertiary alicyclic amines) is 1. The first-order chi connectivity index (χ1) is 13.3. The Hall–Kier alpha value is -1.68. The number of carbonyl (C=O) groups excluding carboxylic acids is 1. The number of halogens is 1. The minimum absolute atomic E-state index is 0.0488. The third kappa shape index (κ3) is 5.02. The van der Waals surface area contributed by atoms with E-state index in [0.717, 1.165) is 51.6 Å². The predicted molar refractivity (Wildman–Crippen MR) is 113 cm³/mol. The zero-order valence-electron chi connectivity index (χ0n) is 17.6. The van der Waals surface area contributed by atoms with E-state index in [-0.39, 0.29) is 23.2 Å². The highest BCUT2D eigenvalue weighted by atomic mass is 19.1. The van der Waals surface area contributed by atoms with Gasteiger partial charge in [-0.2, -0.15) is 0 Å². The molecule has 1 saturated heterocycles. The van der Waals surface area contributed by atoms with Crippen LogP contribution in [0.4, 0.5) is 4.39 Å². The Morgan fingerprint density at radius 1 is 1.32 bits per heavy atom. The van der Waals surface area contributed by atoms with E-state index in [0.29, 0.717) is 12.0 Å². The smallest absolute Gasteiger partial charge is 0.223 e. The van der Waals surface area contributed by atoms with Gasteiger partial charge in [0.25, 0.3) is 0 Å². The molecule has 1 heterocycles. The molecule has 0 spiro atoms. The van der Waals surface area contributed by atoms with Crippen LogP contribution in [0.5, 0.6) is 0 Å². The summed E-state index contributed by atoms with van der Waals surface area (Å²) in [5, 5.41) is 3.18. The molecule has 28 heavy (non-hydrogen) atoms. The summed E-state index contributed by atoms with van der Waals surface area (Å²) in [4.78, 5) is 15.4. The number of hydrogen-bond donors (Lipinski definition) is 1. The second-order valence-corrected chi connectivity index (χ2v) is 9.48. The Morgan fingerprint density at radius 3 is 2.68 bits per heavy atom. The lowest BCUT2D eigenvalue weighted by Gasteiger charge is -2.39. The van der Waals surface area contributed by atoms with Crippen molar-refractivity contribution in [2.75, 3.05) is 13.1 Å². The van der Waals surface area contributed by atoms with Gasteiger partial charge in [0.1, 0.15) is 5.82 Å². The number of aryl methyl sites for hydroxylation is 1. The lowest BCUT2D eigenvalue weighted by atomic mass is 9.80. The van der Waals surface area contributed by atoms with Crippen LogP contribution in [0.2, 0.25) is 0 Å². The summed E-state index contributed by atoms with van der Waals surface area (Å²) < 4.78 is 13.7. The van der Waals surface area contributed by atoms with Gasteiger partial charge in [-0.25, -0.2) is 4.39 Å².